The lowest BCUT2D eigenvalue weighted by Crippen LogP contribution is -2.48. The molecule has 124 valence electrons. The highest BCUT2D eigenvalue weighted by Gasteiger charge is 2.21. The second-order valence-corrected chi connectivity index (χ2v) is 7.27. The van der Waals surface area contributed by atoms with Gasteiger partial charge in [0, 0.05) is 37.5 Å². The maximum Gasteiger partial charge on any atom is 0.226 e. The Bertz CT molecular complexity index is 479. The molecule has 1 aromatic rings. The highest BCUT2D eigenvalue weighted by Crippen LogP contribution is 2.19. The Morgan fingerprint density at radius 2 is 2.14 bits per heavy atom. The summed E-state index contributed by atoms with van der Waals surface area (Å²) in [5, 5.41) is 6.07. The fraction of sp³-hybridized carbons (Fsp3) is 0.750. The van der Waals surface area contributed by atoms with E-state index in [0.717, 1.165) is 30.3 Å². The van der Waals surface area contributed by atoms with Crippen molar-refractivity contribution in [2.24, 2.45) is 0 Å². The van der Waals surface area contributed by atoms with Crippen LogP contribution < -0.4 is 5.32 Å². The van der Waals surface area contributed by atoms with Gasteiger partial charge in [0.1, 0.15) is 0 Å². The minimum Gasteiger partial charge on any atom is -0.373 e. The van der Waals surface area contributed by atoms with Crippen molar-refractivity contribution in [3.05, 3.63) is 16.1 Å². The zero-order chi connectivity index (χ0) is 16.1. The molecule has 1 saturated heterocycles. The van der Waals surface area contributed by atoms with Crippen molar-refractivity contribution < 1.29 is 9.53 Å². The Morgan fingerprint density at radius 1 is 1.45 bits per heavy atom. The number of nitrogens with zero attached hydrogens (tertiary/aromatic N) is 2. The zero-order valence-electron chi connectivity index (χ0n) is 14.0. The number of nitrogens with one attached hydrogen (secondary N) is 1. The molecule has 1 aliphatic heterocycles. The molecule has 0 aromatic carbocycles. The molecule has 2 heterocycles. The Hall–Kier alpha value is -0.980. The average Bonchev–Trinajstić information content (AvgIpc) is 2.86. The molecule has 1 aliphatic rings. The third-order valence-corrected chi connectivity index (χ3v) is 4.84. The first-order valence-electron chi connectivity index (χ1n) is 8.03. The quantitative estimate of drug-likeness (QED) is 0.869. The number of morpholine rings is 1. The standard InChI is InChI=1S/C16H27N3O2S/c1-11(2)16-18-14(10-22-16)7-15(20)17-5-6-19-8-12(3)21-13(4)9-19/h10-13H,5-9H2,1-4H3,(H,17,20)/t12-,13+. The van der Waals surface area contributed by atoms with E-state index in [-0.39, 0.29) is 18.1 Å². The van der Waals surface area contributed by atoms with Crippen molar-refractivity contribution in [3.8, 4) is 0 Å². The maximum absolute atomic E-state index is 12.0. The van der Waals surface area contributed by atoms with Crippen LogP contribution in [-0.4, -0.2) is 54.2 Å². The normalized spacial score (nSPS) is 23.0. The van der Waals surface area contributed by atoms with Gasteiger partial charge in [-0.05, 0) is 13.8 Å². The molecule has 0 saturated carbocycles. The van der Waals surface area contributed by atoms with Gasteiger partial charge in [0.25, 0.3) is 0 Å². The highest BCUT2D eigenvalue weighted by molar-refractivity contribution is 7.09. The first-order valence-corrected chi connectivity index (χ1v) is 8.90. The van der Waals surface area contributed by atoms with E-state index >= 15 is 0 Å². The summed E-state index contributed by atoms with van der Waals surface area (Å²) in [5.41, 5.74) is 0.875. The first kappa shape index (κ1) is 17.4. The molecule has 1 aromatic heterocycles. The van der Waals surface area contributed by atoms with Gasteiger partial charge < -0.3 is 10.1 Å². The molecule has 2 rings (SSSR count). The maximum atomic E-state index is 12.0. The molecule has 1 amide bonds. The third-order valence-electron chi connectivity index (χ3n) is 3.65. The lowest BCUT2D eigenvalue weighted by atomic mass is 10.2. The topological polar surface area (TPSA) is 54.5 Å². The summed E-state index contributed by atoms with van der Waals surface area (Å²) in [5.74, 6) is 0.474. The van der Waals surface area contributed by atoms with Crippen LogP contribution in [0.5, 0.6) is 0 Å². The largest absolute Gasteiger partial charge is 0.373 e. The van der Waals surface area contributed by atoms with Crippen LogP contribution >= 0.6 is 11.3 Å². The van der Waals surface area contributed by atoms with E-state index in [1.807, 2.05) is 5.38 Å². The summed E-state index contributed by atoms with van der Waals surface area (Å²) in [6.45, 7) is 11.8. The Balaban J connectivity index is 1.69. The van der Waals surface area contributed by atoms with E-state index < -0.39 is 0 Å². The second kappa shape index (κ2) is 8.04. The SMILES string of the molecule is CC(C)c1nc(CC(=O)NCCN2C[C@@H](C)O[C@@H](C)C2)cs1. The van der Waals surface area contributed by atoms with Crippen LogP contribution in [0.4, 0.5) is 0 Å². The van der Waals surface area contributed by atoms with E-state index in [1.54, 1.807) is 11.3 Å². The van der Waals surface area contributed by atoms with Crippen LogP contribution in [0.25, 0.3) is 0 Å². The number of thiazole rings is 1. The van der Waals surface area contributed by atoms with Crippen LogP contribution in [-0.2, 0) is 16.0 Å². The Kier molecular flexibility index (Phi) is 6.35. The molecule has 0 radical (unpaired) electrons. The Labute approximate surface area is 137 Å². The van der Waals surface area contributed by atoms with E-state index in [1.165, 1.54) is 0 Å². The summed E-state index contributed by atoms with van der Waals surface area (Å²) in [4.78, 5) is 18.8. The molecule has 22 heavy (non-hydrogen) atoms. The molecule has 6 heteroatoms. The van der Waals surface area contributed by atoms with Crippen LogP contribution in [0.2, 0.25) is 0 Å². The van der Waals surface area contributed by atoms with Crippen LogP contribution in [0.3, 0.4) is 0 Å². The van der Waals surface area contributed by atoms with E-state index in [0.29, 0.717) is 18.9 Å². The minimum absolute atomic E-state index is 0.0509. The average molecular weight is 325 g/mol. The summed E-state index contributed by atoms with van der Waals surface area (Å²) < 4.78 is 5.71. The fourth-order valence-corrected chi connectivity index (χ4v) is 3.55. The molecule has 1 N–H and O–H groups in total. The van der Waals surface area contributed by atoms with E-state index in [4.69, 9.17) is 4.74 Å². The first-order chi connectivity index (χ1) is 10.4. The summed E-state index contributed by atoms with van der Waals surface area (Å²) in [6.07, 6.45) is 0.909. The molecule has 5 nitrogen and oxygen atoms in total. The number of hydrogen-bond donors (Lipinski definition) is 1. The van der Waals surface area contributed by atoms with Gasteiger partial charge in [0.15, 0.2) is 0 Å². The van der Waals surface area contributed by atoms with Crippen molar-refractivity contribution >= 4 is 17.2 Å². The number of carbonyl (C=O) groups is 1. The molecule has 2 atom stereocenters. The van der Waals surface area contributed by atoms with Gasteiger partial charge in [-0.25, -0.2) is 4.98 Å². The molecule has 0 spiro atoms. The highest BCUT2D eigenvalue weighted by atomic mass is 32.1. The minimum atomic E-state index is 0.0509. The lowest BCUT2D eigenvalue weighted by Gasteiger charge is -2.35. The number of carbonyl (C=O) groups excluding carboxylic acids is 1. The number of amides is 1. The summed E-state index contributed by atoms with van der Waals surface area (Å²) in [7, 11) is 0. The number of ether oxygens (including phenoxy) is 1. The number of hydrogen-bond acceptors (Lipinski definition) is 5. The molecular weight excluding hydrogens is 298 g/mol. The van der Waals surface area contributed by atoms with Crippen molar-refractivity contribution in [2.75, 3.05) is 26.2 Å². The van der Waals surface area contributed by atoms with Gasteiger partial charge in [-0.1, -0.05) is 13.8 Å². The molecule has 0 bridgehead atoms. The molecule has 0 aliphatic carbocycles. The predicted molar refractivity (Wildman–Crippen MR) is 89.4 cm³/mol. The van der Waals surface area contributed by atoms with Crippen molar-refractivity contribution in [1.82, 2.24) is 15.2 Å². The fourth-order valence-electron chi connectivity index (χ4n) is 2.72. The van der Waals surface area contributed by atoms with Crippen molar-refractivity contribution in [2.45, 2.75) is 52.2 Å². The lowest BCUT2D eigenvalue weighted by molar-refractivity contribution is -0.120. The van der Waals surface area contributed by atoms with Gasteiger partial charge in [0.05, 0.1) is 29.3 Å². The summed E-state index contributed by atoms with van der Waals surface area (Å²) >= 11 is 1.63. The van der Waals surface area contributed by atoms with E-state index in [9.17, 15) is 4.79 Å². The third kappa shape index (κ3) is 5.34. The van der Waals surface area contributed by atoms with Gasteiger partial charge in [-0.3, -0.25) is 9.69 Å². The van der Waals surface area contributed by atoms with Crippen LogP contribution in [0, 0.1) is 0 Å². The van der Waals surface area contributed by atoms with Gasteiger partial charge in [-0.15, -0.1) is 11.3 Å². The smallest absolute Gasteiger partial charge is 0.226 e. The van der Waals surface area contributed by atoms with Gasteiger partial charge in [0.2, 0.25) is 5.91 Å². The predicted octanol–water partition coefficient (Wildman–Crippen LogP) is 2.03. The molecular formula is C16H27N3O2S. The molecule has 0 unspecified atom stereocenters. The van der Waals surface area contributed by atoms with E-state index in [2.05, 4.69) is 42.9 Å². The Morgan fingerprint density at radius 3 is 2.73 bits per heavy atom. The van der Waals surface area contributed by atoms with Crippen molar-refractivity contribution in [1.29, 1.82) is 0 Å². The second-order valence-electron chi connectivity index (χ2n) is 6.38. The monoisotopic (exact) mass is 325 g/mol. The zero-order valence-corrected chi connectivity index (χ0v) is 14.8. The van der Waals surface area contributed by atoms with Crippen molar-refractivity contribution in [3.63, 3.8) is 0 Å². The van der Waals surface area contributed by atoms with Crippen LogP contribution in [0.1, 0.15) is 44.3 Å². The summed E-state index contributed by atoms with van der Waals surface area (Å²) in [6, 6.07) is 0. The number of rotatable bonds is 6. The van der Waals surface area contributed by atoms with Crippen LogP contribution in [0.15, 0.2) is 5.38 Å². The molecule has 1 fully saturated rings. The van der Waals surface area contributed by atoms with Gasteiger partial charge in [-0.2, -0.15) is 0 Å². The van der Waals surface area contributed by atoms with Gasteiger partial charge >= 0.3 is 0 Å². The number of aromatic nitrogens is 1.